The van der Waals surface area contributed by atoms with Crippen molar-refractivity contribution in [2.75, 3.05) is 46.3 Å². The van der Waals surface area contributed by atoms with Crippen LogP contribution in [0.15, 0.2) is 30.3 Å². The van der Waals surface area contributed by atoms with Gasteiger partial charge in [0.2, 0.25) is 5.91 Å². The molecule has 1 spiro atoms. The maximum absolute atomic E-state index is 12.1. The lowest BCUT2D eigenvalue weighted by Gasteiger charge is -2.50. The van der Waals surface area contributed by atoms with Gasteiger partial charge in [0.15, 0.2) is 0 Å². The van der Waals surface area contributed by atoms with E-state index in [1.54, 1.807) is 0 Å². The van der Waals surface area contributed by atoms with Crippen LogP contribution in [-0.2, 0) is 4.79 Å². The van der Waals surface area contributed by atoms with Gasteiger partial charge in [0.1, 0.15) is 0 Å². The SMILES string of the molecule is CCN1CC(c2ccccc2)CC2(CCN(C(=O)CNC)CC2)C1.Cl.Cl. The number of nitrogens with zero attached hydrogens (tertiary/aromatic N) is 2. The van der Waals surface area contributed by atoms with Gasteiger partial charge in [0.25, 0.3) is 0 Å². The lowest BCUT2D eigenvalue weighted by atomic mass is 9.68. The summed E-state index contributed by atoms with van der Waals surface area (Å²) in [5.41, 5.74) is 1.86. The number of halogens is 2. The molecule has 0 radical (unpaired) electrons. The molecule has 1 atom stereocenters. The van der Waals surface area contributed by atoms with Crippen LogP contribution in [0.3, 0.4) is 0 Å². The highest BCUT2D eigenvalue weighted by Gasteiger charge is 2.42. The molecular formula is C20H33Cl2N3O. The Morgan fingerprint density at radius 2 is 1.85 bits per heavy atom. The molecule has 1 unspecified atom stereocenters. The summed E-state index contributed by atoms with van der Waals surface area (Å²) in [6.45, 7) is 8.05. The van der Waals surface area contributed by atoms with Crippen LogP contribution in [0.4, 0.5) is 0 Å². The van der Waals surface area contributed by atoms with E-state index in [9.17, 15) is 4.79 Å². The summed E-state index contributed by atoms with van der Waals surface area (Å²) in [5, 5.41) is 2.98. The van der Waals surface area contributed by atoms with E-state index in [1.807, 2.05) is 11.9 Å². The fourth-order valence-electron chi connectivity index (χ4n) is 4.55. The molecule has 1 amide bonds. The largest absolute Gasteiger partial charge is 0.342 e. The molecule has 1 aromatic carbocycles. The van der Waals surface area contributed by atoms with Gasteiger partial charge in [-0.1, -0.05) is 37.3 Å². The highest BCUT2D eigenvalue weighted by atomic mass is 35.5. The first-order valence-corrected chi connectivity index (χ1v) is 9.35. The van der Waals surface area contributed by atoms with Gasteiger partial charge in [-0.25, -0.2) is 0 Å². The summed E-state index contributed by atoms with van der Waals surface area (Å²) < 4.78 is 0. The highest BCUT2D eigenvalue weighted by molar-refractivity contribution is 5.85. The molecule has 2 aliphatic heterocycles. The Morgan fingerprint density at radius 3 is 2.42 bits per heavy atom. The van der Waals surface area contributed by atoms with Crippen molar-refractivity contribution in [2.45, 2.75) is 32.1 Å². The number of likely N-dealkylation sites (tertiary alicyclic amines) is 2. The summed E-state index contributed by atoms with van der Waals surface area (Å²) in [6, 6.07) is 11.0. The van der Waals surface area contributed by atoms with Crippen LogP contribution >= 0.6 is 24.8 Å². The molecule has 2 saturated heterocycles. The lowest BCUT2D eigenvalue weighted by Crippen LogP contribution is -2.53. The minimum absolute atomic E-state index is 0. The Labute approximate surface area is 170 Å². The first-order chi connectivity index (χ1) is 11.7. The second-order valence-corrected chi connectivity index (χ2v) is 7.55. The zero-order valence-corrected chi connectivity index (χ0v) is 17.6. The zero-order valence-electron chi connectivity index (χ0n) is 15.9. The summed E-state index contributed by atoms with van der Waals surface area (Å²) in [4.78, 5) is 16.8. The Morgan fingerprint density at radius 1 is 1.19 bits per heavy atom. The quantitative estimate of drug-likeness (QED) is 0.841. The van der Waals surface area contributed by atoms with Gasteiger partial charge < -0.3 is 15.1 Å². The van der Waals surface area contributed by atoms with Gasteiger partial charge in [0.05, 0.1) is 6.54 Å². The monoisotopic (exact) mass is 401 g/mol. The third-order valence-corrected chi connectivity index (χ3v) is 5.94. The fraction of sp³-hybridized carbons (Fsp3) is 0.650. The number of carbonyl (C=O) groups excluding carboxylic acids is 1. The van der Waals surface area contributed by atoms with Crippen LogP contribution in [0.2, 0.25) is 0 Å². The normalized spacial score (nSPS) is 22.4. The average molecular weight is 402 g/mol. The van der Waals surface area contributed by atoms with E-state index in [0.717, 1.165) is 32.5 Å². The first-order valence-electron chi connectivity index (χ1n) is 9.35. The Hall–Kier alpha value is -0.810. The Balaban J connectivity index is 0.00000169. The predicted molar refractivity (Wildman–Crippen MR) is 113 cm³/mol. The summed E-state index contributed by atoms with van der Waals surface area (Å²) in [6.07, 6.45) is 3.55. The number of hydrogen-bond donors (Lipinski definition) is 1. The number of benzene rings is 1. The zero-order chi connectivity index (χ0) is 17.0. The number of piperidine rings is 2. The van der Waals surface area contributed by atoms with Crippen molar-refractivity contribution in [3.05, 3.63) is 35.9 Å². The van der Waals surface area contributed by atoms with Crippen LogP contribution < -0.4 is 5.32 Å². The molecule has 148 valence electrons. The van der Waals surface area contributed by atoms with Crippen molar-refractivity contribution < 1.29 is 4.79 Å². The minimum Gasteiger partial charge on any atom is -0.342 e. The molecule has 0 aliphatic carbocycles. The van der Waals surface area contributed by atoms with Crippen molar-refractivity contribution in [1.29, 1.82) is 0 Å². The number of amides is 1. The van der Waals surface area contributed by atoms with Gasteiger partial charge >= 0.3 is 0 Å². The molecule has 0 saturated carbocycles. The third-order valence-electron chi connectivity index (χ3n) is 5.94. The van der Waals surface area contributed by atoms with E-state index in [-0.39, 0.29) is 30.7 Å². The molecule has 1 aromatic rings. The number of hydrogen-bond acceptors (Lipinski definition) is 3. The van der Waals surface area contributed by atoms with Crippen molar-refractivity contribution in [3.8, 4) is 0 Å². The highest BCUT2D eigenvalue weighted by Crippen LogP contribution is 2.44. The van der Waals surface area contributed by atoms with Gasteiger partial charge in [-0.05, 0) is 49.8 Å². The molecule has 0 bridgehead atoms. The van der Waals surface area contributed by atoms with E-state index >= 15 is 0 Å². The smallest absolute Gasteiger partial charge is 0.236 e. The molecule has 4 nitrogen and oxygen atoms in total. The van der Waals surface area contributed by atoms with Gasteiger partial charge in [-0.15, -0.1) is 24.8 Å². The molecule has 0 aromatic heterocycles. The van der Waals surface area contributed by atoms with Gasteiger partial charge in [-0.3, -0.25) is 4.79 Å². The van der Waals surface area contributed by atoms with E-state index in [1.165, 1.54) is 25.1 Å². The lowest BCUT2D eigenvalue weighted by molar-refractivity contribution is -0.133. The number of likely N-dealkylation sites (N-methyl/N-ethyl adjacent to an activating group) is 2. The van der Waals surface area contributed by atoms with Crippen LogP contribution in [0.5, 0.6) is 0 Å². The molecule has 2 aliphatic rings. The molecule has 3 rings (SSSR count). The molecule has 26 heavy (non-hydrogen) atoms. The van der Waals surface area contributed by atoms with Crippen molar-refractivity contribution in [1.82, 2.24) is 15.1 Å². The van der Waals surface area contributed by atoms with Crippen LogP contribution in [-0.4, -0.2) is 62.0 Å². The third kappa shape index (κ3) is 5.35. The van der Waals surface area contributed by atoms with E-state index in [2.05, 4.69) is 47.5 Å². The second kappa shape index (κ2) is 10.5. The minimum atomic E-state index is 0. The summed E-state index contributed by atoms with van der Waals surface area (Å²) in [5.74, 6) is 0.870. The maximum Gasteiger partial charge on any atom is 0.236 e. The van der Waals surface area contributed by atoms with Crippen LogP contribution in [0, 0.1) is 5.41 Å². The number of rotatable bonds is 4. The van der Waals surface area contributed by atoms with Crippen LogP contribution in [0.1, 0.15) is 37.7 Å². The Kier molecular flexibility index (Phi) is 9.39. The van der Waals surface area contributed by atoms with Crippen molar-refractivity contribution in [2.24, 2.45) is 5.41 Å². The molecule has 2 heterocycles. The van der Waals surface area contributed by atoms with Crippen molar-refractivity contribution in [3.63, 3.8) is 0 Å². The first kappa shape index (κ1) is 23.2. The maximum atomic E-state index is 12.1. The number of nitrogens with one attached hydrogen (secondary N) is 1. The predicted octanol–water partition coefficient (Wildman–Crippen LogP) is 3.17. The number of carbonyl (C=O) groups is 1. The van der Waals surface area contributed by atoms with Gasteiger partial charge in [0, 0.05) is 26.2 Å². The summed E-state index contributed by atoms with van der Waals surface area (Å²) >= 11 is 0. The van der Waals surface area contributed by atoms with E-state index in [4.69, 9.17) is 0 Å². The second-order valence-electron chi connectivity index (χ2n) is 7.55. The fourth-order valence-corrected chi connectivity index (χ4v) is 4.55. The Bertz CT molecular complexity index is 547. The standard InChI is InChI=1S/C20H31N3O.2ClH/c1-3-22-15-18(17-7-5-4-6-8-17)13-20(16-22)9-11-23(12-10-20)19(24)14-21-2;;/h4-8,18,21H,3,9-16H2,1-2H3;2*1H. The molecule has 2 fully saturated rings. The van der Waals surface area contributed by atoms with E-state index in [0.29, 0.717) is 17.9 Å². The molecular weight excluding hydrogens is 369 g/mol. The average Bonchev–Trinajstić information content (AvgIpc) is 2.63. The summed E-state index contributed by atoms with van der Waals surface area (Å²) in [7, 11) is 1.84. The van der Waals surface area contributed by atoms with Gasteiger partial charge in [-0.2, -0.15) is 0 Å². The topological polar surface area (TPSA) is 35.6 Å². The van der Waals surface area contributed by atoms with E-state index < -0.39 is 0 Å². The van der Waals surface area contributed by atoms with Crippen molar-refractivity contribution >= 4 is 30.7 Å². The molecule has 1 N–H and O–H groups in total. The molecule has 6 heteroatoms. The van der Waals surface area contributed by atoms with Crippen LogP contribution in [0.25, 0.3) is 0 Å².